The molecule has 1 saturated heterocycles. The molecule has 5 nitrogen and oxygen atoms in total. The molecule has 0 radical (unpaired) electrons. The number of benzene rings is 3. The predicted molar refractivity (Wildman–Crippen MR) is 144 cm³/mol. The molecule has 1 aliphatic heterocycles. The molecule has 0 bridgehead atoms. The third-order valence-corrected chi connectivity index (χ3v) is 11.9. The monoisotopic (exact) mass is 504 g/mol. The van der Waals surface area contributed by atoms with E-state index >= 15 is 0 Å². The lowest BCUT2D eigenvalue weighted by molar-refractivity contribution is -0.158. The van der Waals surface area contributed by atoms with E-state index in [0.29, 0.717) is 13.0 Å². The maximum atomic E-state index is 12.8. The molecule has 36 heavy (non-hydrogen) atoms. The molecule has 0 unspecified atom stereocenters. The van der Waals surface area contributed by atoms with Crippen LogP contribution in [-0.2, 0) is 25.3 Å². The van der Waals surface area contributed by atoms with Gasteiger partial charge in [-0.15, -0.1) is 0 Å². The van der Waals surface area contributed by atoms with E-state index in [4.69, 9.17) is 13.9 Å². The van der Waals surface area contributed by atoms with Crippen molar-refractivity contribution in [1.82, 2.24) is 0 Å². The van der Waals surface area contributed by atoms with Gasteiger partial charge in [-0.3, -0.25) is 0 Å². The van der Waals surface area contributed by atoms with Gasteiger partial charge in [0, 0.05) is 6.42 Å². The van der Waals surface area contributed by atoms with Gasteiger partial charge in [-0.1, -0.05) is 112 Å². The van der Waals surface area contributed by atoms with Crippen molar-refractivity contribution in [3.05, 3.63) is 96.6 Å². The summed E-state index contributed by atoms with van der Waals surface area (Å²) in [6.45, 7) is 8.77. The highest BCUT2D eigenvalue weighted by molar-refractivity contribution is 6.99. The topological polar surface area (TPSA) is 65.0 Å². The number of carboxylic acids is 1. The van der Waals surface area contributed by atoms with Crippen LogP contribution in [0.2, 0.25) is 5.04 Å². The lowest BCUT2D eigenvalue weighted by atomic mass is 10.1. The normalized spacial score (nSPS) is 21.3. The molecule has 1 heterocycles. The maximum absolute atomic E-state index is 12.8. The molecule has 0 aromatic heterocycles. The van der Waals surface area contributed by atoms with E-state index < -0.39 is 26.5 Å². The fourth-order valence-corrected chi connectivity index (χ4v) is 9.85. The maximum Gasteiger partial charge on any atom is 0.334 e. The molecular formula is C30H36O5Si. The lowest BCUT2D eigenvalue weighted by Gasteiger charge is -2.45. The smallest absolute Gasteiger partial charge is 0.334 e. The van der Waals surface area contributed by atoms with Crippen LogP contribution >= 0.6 is 0 Å². The summed E-state index contributed by atoms with van der Waals surface area (Å²) in [7, 11) is -3.10. The molecule has 1 aliphatic rings. The zero-order valence-electron chi connectivity index (χ0n) is 21.5. The minimum absolute atomic E-state index is 0.125. The largest absolute Gasteiger partial charge is 0.479 e. The highest BCUT2D eigenvalue weighted by Crippen LogP contribution is 2.39. The number of carbonyl (C=O) groups is 1. The van der Waals surface area contributed by atoms with E-state index in [1.165, 1.54) is 0 Å². The van der Waals surface area contributed by atoms with Crippen molar-refractivity contribution < 1.29 is 23.8 Å². The summed E-state index contributed by atoms with van der Waals surface area (Å²) in [5.41, 5.74) is 1.04. The quantitative estimate of drug-likeness (QED) is 0.425. The Hall–Kier alpha value is -2.77. The molecule has 1 fully saturated rings. The summed E-state index contributed by atoms with van der Waals surface area (Å²) in [5.74, 6) is -1.03. The van der Waals surface area contributed by atoms with Crippen LogP contribution in [-0.4, -0.2) is 43.8 Å². The van der Waals surface area contributed by atoms with Gasteiger partial charge in [0.25, 0.3) is 8.32 Å². The Morgan fingerprint density at radius 3 is 1.92 bits per heavy atom. The van der Waals surface area contributed by atoms with Gasteiger partial charge in [-0.25, -0.2) is 4.79 Å². The number of aliphatic carboxylic acids is 1. The standard InChI is InChI=1S/C30H36O5Si/c1-22-20-26(33-21-23-14-8-5-9-15-23)27(34-22)28(29(31)32)35-36(30(2,3)4,24-16-10-6-11-17-24)25-18-12-7-13-19-25/h5-19,22,26-28H,20-21H2,1-4H3,(H,31,32)/t22-,26-,27+,28-/m0/s1. The SMILES string of the molecule is C[C@H]1C[C@H](OCc2ccccc2)[C@H]([C@H](O[Si](c2ccccc2)(c2ccccc2)C(C)(C)C)C(=O)O)O1. The summed E-state index contributed by atoms with van der Waals surface area (Å²) in [6.07, 6.45) is -1.80. The van der Waals surface area contributed by atoms with Crippen molar-refractivity contribution in [2.45, 2.75) is 70.2 Å². The van der Waals surface area contributed by atoms with Gasteiger partial charge in [0.1, 0.15) is 6.10 Å². The zero-order valence-corrected chi connectivity index (χ0v) is 22.5. The first-order chi connectivity index (χ1) is 17.2. The number of hydrogen-bond acceptors (Lipinski definition) is 4. The van der Waals surface area contributed by atoms with Crippen LogP contribution in [0.3, 0.4) is 0 Å². The van der Waals surface area contributed by atoms with Crippen molar-refractivity contribution in [1.29, 1.82) is 0 Å². The predicted octanol–water partition coefficient (Wildman–Crippen LogP) is 4.78. The van der Waals surface area contributed by atoms with Crippen LogP contribution in [0.1, 0.15) is 39.7 Å². The Kier molecular flexibility index (Phi) is 8.10. The minimum atomic E-state index is -3.10. The summed E-state index contributed by atoms with van der Waals surface area (Å²) < 4.78 is 19.5. The zero-order chi connectivity index (χ0) is 25.8. The molecule has 1 N–H and O–H groups in total. The van der Waals surface area contributed by atoms with Crippen molar-refractivity contribution in [3.63, 3.8) is 0 Å². The Balaban J connectivity index is 1.74. The van der Waals surface area contributed by atoms with Crippen LogP contribution in [0.5, 0.6) is 0 Å². The average Bonchev–Trinajstić information content (AvgIpc) is 3.24. The van der Waals surface area contributed by atoms with Crippen LogP contribution in [0.25, 0.3) is 0 Å². The van der Waals surface area contributed by atoms with Gasteiger partial charge < -0.3 is 19.0 Å². The Morgan fingerprint density at radius 1 is 0.944 bits per heavy atom. The Labute approximate surface area is 215 Å². The Bertz CT molecular complexity index is 1070. The van der Waals surface area contributed by atoms with Gasteiger partial charge in [-0.2, -0.15) is 0 Å². The molecule has 0 spiro atoms. The van der Waals surface area contributed by atoms with Crippen molar-refractivity contribution in [2.24, 2.45) is 0 Å². The molecule has 3 aromatic rings. The summed E-state index contributed by atoms with van der Waals surface area (Å²) >= 11 is 0. The highest BCUT2D eigenvalue weighted by atomic mass is 28.4. The van der Waals surface area contributed by atoms with E-state index in [1.54, 1.807) is 0 Å². The summed E-state index contributed by atoms with van der Waals surface area (Å²) in [5, 5.41) is 12.2. The Morgan fingerprint density at radius 2 is 1.44 bits per heavy atom. The molecule has 0 aliphatic carbocycles. The second-order valence-electron chi connectivity index (χ2n) is 10.5. The second kappa shape index (κ2) is 11.1. The van der Waals surface area contributed by atoms with Crippen molar-refractivity contribution >= 4 is 24.7 Å². The molecule has 4 rings (SSSR count). The number of carboxylic acid groups (broad SMARTS) is 1. The third kappa shape index (κ3) is 5.47. The van der Waals surface area contributed by atoms with Crippen LogP contribution in [0, 0.1) is 0 Å². The molecule has 0 saturated carbocycles. The first-order valence-electron chi connectivity index (χ1n) is 12.5. The average molecular weight is 505 g/mol. The molecule has 0 amide bonds. The van der Waals surface area contributed by atoms with Gasteiger partial charge in [0.2, 0.25) is 0 Å². The molecule has 190 valence electrons. The van der Waals surface area contributed by atoms with Crippen molar-refractivity contribution in [2.75, 3.05) is 0 Å². The van der Waals surface area contributed by atoms with Gasteiger partial charge in [0.15, 0.2) is 6.10 Å². The molecular weight excluding hydrogens is 468 g/mol. The van der Waals surface area contributed by atoms with Gasteiger partial charge in [-0.05, 0) is 27.9 Å². The molecule has 6 heteroatoms. The van der Waals surface area contributed by atoms with E-state index in [-0.39, 0.29) is 17.2 Å². The van der Waals surface area contributed by atoms with Crippen molar-refractivity contribution in [3.8, 4) is 0 Å². The van der Waals surface area contributed by atoms with E-state index in [0.717, 1.165) is 15.9 Å². The van der Waals surface area contributed by atoms with Crippen LogP contribution in [0.4, 0.5) is 0 Å². The molecule has 3 aromatic carbocycles. The summed E-state index contributed by atoms with van der Waals surface area (Å²) in [4.78, 5) is 12.8. The van der Waals surface area contributed by atoms with E-state index in [1.807, 2.05) is 73.7 Å². The van der Waals surface area contributed by atoms with Gasteiger partial charge in [0.05, 0.1) is 18.8 Å². The minimum Gasteiger partial charge on any atom is -0.479 e. The highest BCUT2D eigenvalue weighted by Gasteiger charge is 2.55. The second-order valence-corrected chi connectivity index (χ2v) is 14.8. The third-order valence-electron chi connectivity index (χ3n) is 6.89. The van der Waals surface area contributed by atoms with E-state index in [9.17, 15) is 9.90 Å². The van der Waals surface area contributed by atoms with E-state index in [2.05, 4.69) is 45.0 Å². The van der Waals surface area contributed by atoms with Gasteiger partial charge >= 0.3 is 5.97 Å². The first kappa shape index (κ1) is 26.3. The first-order valence-corrected chi connectivity index (χ1v) is 14.5. The molecule has 4 atom stereocenters. The number of rotatable bonds is 9. The van der Waals surface area contributed by atoms with Crippen LogP contribution < -0.4 is 10.4 Å². The summed E-state index contributed by atoms with van der Waals surface area (Å²) in [6, 6.07) is 30.1. The fourth-order valence-electron chi connectivity index (χ4n) is 5.22. The number of hydrogen-bond donors (Lipinski definition) is 1. The number of ether oxygens (including phenoxy) is 2. The van der Waals surface area contributed by atoms with Crippen LogP contribution in [0.15, 0.2) is 91.0 Å². The lowest BCUT2D eigenvalue weighted by Crippen LogP contribution is -2.69. The fraction of sp³-hybridized carbons (Fsp3) is 0.367.